The maximum absolute atomic E-state index is 12.5. The zero-order valence-corrected chi connectivity index (χ0v) is 17.7. The molecule has 2 saturated heterocycles. The summed E-state index contributed by atoms with van der Waals surface area (Å²) in [7, 11) is 0. The summed E-state index contributed by atoms with van der Waals surface area (Å²) in [5, 5.41) is 11.5. The molecular weight excluding hydrogens is 392 g/mol. The molecule has 7 heteroatoms. The van der Waals surface area contributed by atoms with E-state index in [2.05, 4.69) is 9.80 Å². The van der Waals surface area contributed by atoms with Gasteiger partial charge in [0.25, 0.3) is 5.69 Å². The number of nitrogens with zero attached hydrogens (tertiary/aromatic N) is 4. The van der Waals surface area contributed by atoms with Gasteiger partial charge in [-0.3, -0.25) is 14.9 Å². The van der Waals surface area contributed by atoms with Gasteiger partial charge in [0.05, 0.1) is 4.92 Å². The number of rotatable bonds is 5. The molecular formula is C24H28N4O3. The molecule has 2 aliphatic rings. The molecule has 1 amide bonds. The van der Waals surface area contributed by atoms with Crippen LogP contribution in [0.15, 0.2) is 54.6 Å². The van der Waals surface area contributed by atoms with Gasteiger partial charge in [-0.15, -0.1) is 0 Å². The van der Waals surface area contributed by atoms with Gasteiger partial charge < -0.3 is 14.7 Å². The Morgan fingerprint density at radius 3 is 2.26 bits per heavy atom. The molecule has 31 heavy (non-hydrogen) atoms. The maximum atomic E-state index is 12.5. The molecule has 2 aromatic rings. The summed E-state index contributed by atoms with van der Waals surface area (Å²) in [5.74, 6) is 0.0150. The summed E-state index contributed by atoms with van der Waals surface area (Å²) in [4.78, 5) is 30.0. The third-order valence-corrected chi connectivity index (χ3v) is 6.03. The number of amides is 1. The topological polar surface area (TPSA) is 69.9 Å². The number of piperazine rings is 1. The van der Waals surface area contributed by atoms with Crippen LogP contribution in [0.1, 0.15) is 24.8 Å². The highest BCUT2D eigenvalue weighted by Crippen LogP contribution is 2.34. The quantitative estimate of drug-likeness (QED) is 0.416. The number of benzene rings is 2. The highest BCUT2D eigenvalue weighted by Gasteiger charge is 2.25. The first-order valence-electron chi connectivity index (χ1n) is 10.9. The van der Waals surface area contributed by atoms with E-state index in [-0.39, 0.29) is 16.5 Å². The van der Waals surface area contributed by atoms with E-state index in [1.165, 1.54) is 6.42 Å². The number of nitro groups is 1. The van der Waals surface area contributed by atoms with Crippen molar-refractivity contribution in [3.8, 4) is 0 Å². The molecule has 162 valence electrons. The van der Waals surface area contributed by atoms with Gasteiger partial charge in [-0.2, -0.15) is 0 Å². The molecule has 4 rings (SSSR count). The lowest BCUT2D eigenvalue weighted by atomic mass is 10.1. The van der Waals surface area contributed by atoms with Crippen molar-refractivity contribution in [3.63, 3.8) is 0 Å². The van der Waals surface area contributed by atoms with E-state index in [4.69, 9.17) is 0 Å². The average Bonchev–Trinajstić information content (AvgIpc) is 2.83. The van der Waals surface area contributed by atoms with Crippen LogP contribution in [0.3, 0.4) is 0 Å². The Morgan fingerprint density at radius 2 is 1.58 bits per heavy atom. The number of hydrogen-bond acceptors (Lipinski definition) is 5. The van der Waals surface area contributed by atoms with E-state index in [0.717, 1.165) is 37.2 Å². The largest absolute Gasteiger partial charge is 0.368 e. The van der Waals surface area contributed by atoms with Crippen molar-refractivity contribution in [2.45, 2.75) is 19.3 Å². The van der Waals surface area contributed by atoms with Gasteiger partial charge in [0.15, 0.2) is 0 Å². The molecule has 0 aromatic heterocycles. The molecule has 2 heterocycles. The molecule has 7 nitrogen and oxygen atoms in total. The first kappa shape index (κ1) is 20.9. The van der Waals surface area contributed by atoms with Crippen LogP contribution in [-0.2, 0) is 4.79 Å². The Bertz CT molecular complexity index is 947. The van der Waals surface area contributed by atoms with Gasteiger partial charge >= 0.3 is 0 Å². The van der Waals surface area contributed by atoms with Crippen molar-refractivity contribution < 1.29 is 9.72 Å². The van der Waals surface area contributed by atoms with Gasteiger partial charge in [-0.25, -0.2) is 0 Å². The maximum Gasteiger partial charge on any atom is 0.292 e. The summed E-state index contributed by atoms with van der Waals surface area (Å²) in [6, 6.07) is 15.2. The van der Waals surface area contributed by atoms with E-state index >= 15 is 0 Å². The molecule has 2 aromatic carbocycles. The monoisotopic (exact) mass is 420 g/mol. The van der Waals surface area contributed by atoms with Crippen molar-refractivity contribution in [1.82, 2.24) is 4.90 Å². The highest BCUT2D eigenvalue weighted by atomic mass is 16.6. The van der Waals surface area contributed by atoms with Gasteiger partial charge in [0.2, 0.25) is 5.91 Å². The summed E-state index contributed by atoms with van der Waals surface area (Å²) >= 11 is 0. The van der Waals surface area contributed by atoms with Crippen LogP contribution in [0.25, 0.3) is 6.08 Å². The summed E-state index contributed by atoms with van der Waals surface area (Å²) in [6.07, 6.45) is 6.79. The number of carbonyl (C=O) groups is 1. The van der Waals surface area contributed by atoms with Crippen LogP contribution in [-0.4, -0.2) is 55.0 Å². The van der Waals surface area contributed by atoms with Crippen LogP contribution < -0.4 is 9.80 Å². The fourth-order valence-electron chi connectivity index (χ4n) is 4.27. The van der Waals surface area contributed by atoms with Crippen molar-refractivity contribution in [1.29, 1.82) is 0 Å². The lowest BCUT2D eigenvalue weighted by Gasteiger charge is -2.36. The standard InChI is InChI=1S/C24H28N4O3/c29-24(12-9-20-7-3-1-4-8-20)27-17-15-25(16-18-27)21-10-11-22(28(30)31)23(19-21)26-13-5-2-6-14-26/h1,3-4,7-12,19H,2,5-6,13-18H2. The second kappa shape index (κ2) is 9.64. The Balaban J connectivity index is 1.41. The summed E-state index contributed by atoms with van der Waals surface area (Å²) in [5.41, 5.74) is 2.88. The first-order chi connectivity index (χ1) is 15.1. The molecule has 2 aliphatic heterocycles. The summed E-state index contributed by atoms with van der Waals surface area (Å²) < 4.78 is 0. The second-order valence-electron chi connectivity index (χ2n) is 8.03. The Hall–Kier alpha value is -3.35. The van der Waals surface area contributed by atoms with Crippen LogP contribution >= 0.6 is 0 Å². The van der Waals surface area contributed by atoms with Gasteiger partial charge in [0, 0.05) is 57.1 Å². The predicted molar refractivity (Wildman–Crippen MR) is 123 cm³/mol. The minimum absolute atomic E-state index is 0.0150. The lowest BCUT2D eigenvalue weighted by molar-refractivity contribution is -0.384. The van der Waals surface area contributed by atoms with Gasteiger partial charge in [-0.1, -0.05) is 30.3 Å². The molecule has 0 bridgehead atoms. The molecule has 0 unspecified atom stereocenters. The Kier molecular flexibility index (Phi) is 6.50. The zero-order chi connectivity index (χ0) is 21.6. The number of hydrogen-bond donors (Lipinski definition) is 0. The summed E-state index contributed by atoms with van der Waals surface area (Å²) in [6.45, 7) is 4.41. The minimum atomic E-state index is -0.288. The van der Waals surface area contributed by atoms with E-state index in [0.29, 0.717) is 31.9 Å². The number of piperidine rings is 1. The normalized spacial score (nSPS) is 17.2. The van der Waals surface area contributed by atoms with Crippen LogP contribution in [0, 0.1) is 10.1 Å². The fourth-order valence-corrected chi connectivity index (χ4v) is 4.27. The van der Waals surface area contributed by atoms with Gasteiger partial charge in [-0.05, 0) is 43.0 Å². The van der Waals surface area contributed by atoms with Gasteiger partial charge in [0.1, 0.15) is 5.69 Å². The van der Waals surface area contributed by atoms with Crippen molar-refractivity contribution in [2.75, 3.05) is 49.1 Å². The van der Waals surface area contributed by atoms with Crippen molar-refractivity contribution >= 4 is 29.0 Å². The van der Waals surface area contributed by atoms with E-state index < -0.39 is 0 Å². The van der Waals surface area contributed by atoms with Crippen LogP contribution in [0.5, 0.6) is 0 Å². The Labute approximate surface area is 182 Å². The third kappa shape index (κ3) is 5.05. The highest BCUT2D eigenvalue weighted by molar-refractivity contribution is 5.92. The molecule has 0 spiro atoms. The molecule has 0 saturated carbocycles. The molecule has 2 fully saturated rings. The number of carbonyl (C=O) groups excluding carboxylic acids is 1. The fraction of sp³-hybridized carbons (Fsp3) is 0.375. The van der Waals surface area contributed by atoms with E-state index in [9.17, 15) is 14.9 Å². The second-order valence-corrected chi connectivity index (χ2v) is 8.03. The van der Waals surface area contributed by atoms with Crippen LogP contribution in [0.4, 0.5) is 17.1 Å². The minimum Gasteiger partial charge on any atom is -0.368 e. The van der Waals surface area contributed by atoms with Crippen molar-refractivity contribution in [2.24, 2.45) is 0 Å². The third-order valence-electron chi connectivity index (χ3n) is 6.03. The average molecular weight is 421 g/mol. The zero-order valence-electron chi connectivity index (χ0n) is 17.7. The molecule has 0 atom stereocenters. The molecule has 0 radical (unpaired) electrons. The van der Waals surface area contributed by atoms with E-state index in [1.54, 1.807) is 12.1 Å². The number of nitro benzene ring substituents is 1. The number of anilines is 2. The molecule has 0 N–H and O–H groups in total. The van der Waals surface area contributed by atoms with Crippen molar-refractivity contribution in [3.05, 3.63) is 70.3 Å². The smallest absolute Gasteiger partial charge is 0.292 e. The lowest BCUT2D eigenvalue weighted by Crippen LogP contribution is -2.48. The Morgan fingerprint density at radius 1 is 0.871 bits per heavy atom. The van der Waals surface area contributed by atoms with Crippen LogP contribution in [0.2, 0.25) is 0 Å². The molecule has 0 aliphatic carbocycles. The first-order valence-corrected chi connectivity index (χ1v) is 10.9. The van der Waals surface area contributed by atoms with E-state index in [1.807, 2.05) is 53.4 Å². The predicted octanol–water partition coefficient (Wildman–Crippen LogP) is 3.95. The SMILES string of the molecule is O=C(C=Cc1ccccc1)N1CCN(c2ccc([N+](=O)[O-])c(N3CCCCC3)c2)CC1.